The maximum Gasteiger partial charge on any atom is 0.408 e. The van der Waals surface area contributed by atoms with Crippen LogP contribution < -0.4 is 10.6 Å². The fraction of sp³-hybridized carbons (Fsp3) is 0.882. The Kier molecular flexibility index (Phi) is 14.9. The molecule has 14 nitrogen and oxygen atoms in total. The van der Waals surface area contributed by atoms with E-state index in [9.17, 15) is 35.1 Å². The number of hydrogen-bond acceptors (Lipinski definition) is 12. The van der Waals surface area contributed by atoms with Crippen molar-refractivity contribution in [2.45, 2.75) is 166 Å². The average Bonchev–Trinajstić information content (AvgIpc) is 2.98. The van der Waals surface area contributed by atoms with Crippen molar-refractivity contribution in [2.24, 2.45) is 11.8 Å². The molecule has 0 aromatic heterocycles. The van der Waals surface area contributed by atoms with E-state index in [1.54, 1.807) is 27.7 Å². The summed E-state index contributed by atoms with van der Waals surface area (Å²) < 4.78 is 30.2. The Bertz CT molecular complexity index is 1070. The molecule has 7 N–H and O–H groups in total. The second-order valence-electron chi connectivity index (χ2n) is 14.7. The van der Waals surface area contributed by atoms with E-state index in [0.717, 1.165) is 0 Å². The van der Waals surface area contributed by atoms with Gasteiger partial charge in [-0.05, 0) is 78.2 Å². The van der Waals surface area contributed by atoms with E-state index >= 15 is 0 Å². The Morgan fingerprint density at radius 2 is 1.75 bits per heavy atom. The molecular formula is C34H60N2O12. The molecule has 1 saturated carbocycles. The maximum atomic E-state index is 13.0. The van der Waals surface area contributed by atoms with Crippen LogP contribution in [0.15, 0.2) is 11.8 Å². The molecule has 2 aliphatic heterocycles. The van der Waals surface area contributed by atoms with E-state index in [1.165, 1.54) is 0 Å². The molecule has 1 aliphatic carbocycles. The van der Waals surface area contributed by atoms with Crippen molar-refractivity contribution in [1.29, 1.82) is 0 Å². The van der Waals surface area contributed by atoms with Crippen LogP contribution in [0.25, 0.3) is 0 Å². The summed E-state index contributed by atoms with van der Waals surface area (Å²) in [4.78, 5) is 25.7. The lowest BCUT2D eigenvalue weighted by atomic mass is 9.79. The molecule has 0 aromatic rings. The Labute approximate surface area is 284 Å². The van der Waals surface area contributed by atoms with Crippen molar-refractivity contribution >= 4 is 12.0 Å². The van der Waals surface area contributed by atoms with Gasteiger partial charge in [0.25, 0.3) is 0 Å². The van der Waals surface area contributed by atoms with Crippen LogP contribution in [0.1, 0.15) is 99.8 Å². The summed E-state index contributed by atoms with van der Waals surface area (Å²) in [6, 6.07) is -1.46. The molecule has 48 heavy (non-hydrogen) atoms. The minimum Gasteiger partial charge on any atom is -0.467 e. The number of unbranched alkanes of at least 4 members (excludes halogenated alkanes) is 1. The number of amides is 2. The zero-order valence-corrected chi connectivity index (χ0v) is 29.6. The van der Waals surface area contributed by atoms with Gasteiger partial charge in [-0.3, -0.25) is 4.79 Å². The highest BCUT2D eigenvalue weighted by molar-refractivity contribution is 5.80. The fourth-order valence-corrected chi connectivity index (χ4v) is 6.70. The van der Waals surface area contributed by atoms with Gasteiger partial charge in [0, 0.05) is 18.9 Å². The molecule has 12 atom stereocenters. The summed E-state index contributed by atoms with van der Waals surface area (Å²) >= 11 is 0. The molecule has 2 amide bonds. The van der Waals surface area contributed by atoms with Crippen LogP contribution in [-0.4, -0.2) is 117 Å². The van der Waals surface area contributed by atoms with Crippen LogP contribution in [0.4, 0.5) is 4.79 Å². The van der Waals surface area contributed by atoms with Crippen LogP contribution >= 0.6 is 0 Å². The van der Waals surface area contributed by atoms with Gasteiger partial charge in [0.2, 0.25) is 12.2 Å². The molecule has 1 saturated heterocycles. The normalized spacial score (nSPS) is 36.4. The van der Waals surface area contributed by atoms with Gasteiger partial charge in [-0.15, -0.1) is 0 Å². The molecule has 3 aliphatic rings. The first-order chi connectivity index (χ1) is 22.5. The van der Waals surface area contributed by atoms with Gasteiger partial charge in [-0.2, -0.15) is 0 Å². The molecule has 0 bridgehead atoms. The number of ether oxygens (including phenoxy) is 5. The fourth-order valence-electron chi connectivity index (χ4n) is 6.70. The SMILES string of the molecule is CCC[C@H](O)C(=O)N[C@@H]1C[C@H](C)[C@@H](O[C@H]2OC(CCCCO)=CC[C@H]2NC(=O)OC(C)(C)C)[C@H](O)[C@H]1O[C@H]1OC[C@](C)(O)[C@H](CC)[C@H]1O. The maximum absolute atomic E-state index is 13.0. The van der Waals surface area contributed by atoms with Crippen LogP contribution in [0, 0.1) is 11.8 Å². The Balaban J connectivity index is 1.87. The summed E-state index contributed by atoms with van der Waals surface area (Å²) in [5, 5.41) is 59.1. The number of carbonyl (C=O) groups excluding carboxylic acids is 2. The van der Waals surface area contributed by atoms with Gasteiger partial charge in [-0.1, -0.05) is 27.2 Å². The van der Waals surface area contributed by atoms with Gasteiger partial charge in [0.15, 0.2) is 6.29 Å². The van der Waals surface area contributed by atoms with Gasteiger partial charge >= 0.3 is 6.09 Å². The van der Waals surface area contributed by atoms with Crippen LogP contribution in [0.3, 0.4) is 0 Å². The summed E-state index contributed by atoms with van der Waals surface area (Å²) in [6.45, 7) is 12.3. The molecule has 2 fully saturated rings. The molecule has 278 valence electrons. The lowest BCUT2D eigenvalue weighted by Crippen LogP contribution is -2.65. The highest BCUT2D eigenvalue weighted by Crippen LogP contribution is 2.37. The van der Waals surface area contributed by atoms with Gasteiger partial charge < -0.3 is 59.9 Å². The predicted octanol–water partition coefficient (Wildman–Crippen LogP) is 1.98. The Morgan fingerprint density at radius 1 is 1.06 bits per heavy atom. The molecule has 0 spiro atoms. The first-order valence-electron chi connectivity index (χ1n) is 17.5. The summed E-state index contributed by atoms with van der Waals surface area (Å²) in [5.74, 6) is -0.922. The number of alkyl carbamates (subject to hydrolysis) is 1. The first kappa shape index (κ1) is 40.4. The number of rotatable bonds is 14. The van der Waals surface area contributed by atoms with E-state index < -0.39 is 84.3 Å². The lowest BCUT2D eigenvalue weighted by molar-refractivity contribution is -0.315. The first-order valence-corrected chi connectivity index (χ1v) is 17.5. The summed E-state index contributed by atoms with van der Waals surface area (Å²) in [7, 11) is 0. The van der Waals surface area contributed by atoms with Crippen molar-refractivity contribution in [3.05, 3.63) is 11.8 Å². The van der Waals surface area contributed by atoms with Crippen molar-refractivity contribution in [3.8, 4) is 0 Å². The van der Waals surface area contributed by atoms with Crippen molar-refractivity contribution in [2.75, 3.05) is 13.2 Å². The molecule has 2 heterocycles. The number of aliphatic hydroxyl groups excluding tert-OH is 4. The third kappa shape index (κ3) is 11.0. The molecule has 3 rings (SSSR count). The molecule has 14 heteroatoms. The van der Waals surface area contributed by atoms with E-state index in [0.29, 0.717) is 44.3 Å². The van der Waals surface area contributed by atoms with Crippen LogP contribution in [0.2, 0.25) is 0 Å². The largest absolute Gasteiger partial charge is 0.467 e. The van der Waals surface area contributed by atoms with Crippen molar-refractivity contribution in [1.82, 2.24) is 10.6 Å². The zero-order valence-electron chi connectivity index (χ0n) is 29.6. The van der Waals surface area contributed by atoms with E-state index in [2.05, 4.69) is 10.6 Å². The highest BCUT2D eigenvalue weighted by atomic mass is 16.7. The molecule has 0 radical (unpaired) electrons. The van der Waals surface area contributed by atoms with E-state index in [-0.39, 0.29) is 32.0 Å². The monoisotopic (exact) mass is 688 g/mol. The minimum absolute atomic E-state index is 0.0479. The molecule has 0 aromatic carbocycles. The predicted molar refractivity (Wildman–Crippen MR) is 174 cm³/mol. The summed E-state index contributed by atoms with van der Waals surface area (Å²) in [5.41, 5.74) is -2.03. The van der Waals surface area contributed by atoms with E-state index in [4.69, 9.17) is 23.7 Å². The van der Waals surface area contributed by atoms with Crippen molar-refractivity contribution < 1.29 is 58.8 Å². The summed E-state index contributed by atoms with van der Waals surface area (Å²) in [6.07, 6.45) is -3.24. The second kappa shape index (κ2) is 17.8. The number of aliphatic hydroxyl groups is 5. The Hall–Kier alpha value is -2.04. The van der Waals surface area contributed by atoms with Crippen LogP contribution in [0.5, 0.6) is 0 Å². The molecular weight excluding hydrogens is 628 g/mol. The third-order valence-electron chi connectivity index (χ3n) is 9.23. The number of hydrogen-bond donors (Lipinski definition) is 7. The van der Waals surface area contributed by atoms with Crippen molar-refractivity contribution in [3.63, 3.8) is 0 Å². The molecule has 0 unspecified atom stereocenters. The lowest BCUT2D eigenvalue weighted by Gasteiger charge is -2.49. The topological polar surface area (TPSA) is 205 Å². The minimum atomic E-state index is -1.38. The second-order valence-corrected chi connectivity index (χ2v) is 14.7. The number of allylic oxidation sites excluding steroid dienone is 1. The Morgan fingerprint density at radius 3 is 2.38 bits per heavy atom. The van der Waals surface area contributed by atoms with Crippen LogP contribution in [-0.2, 0) is 28.5 Å². The quantitative estimate of drug-likeness (QED) is 0.131. The van der Waals surface area contributed by atoms with Gasteiger partial charge in [0.1, 0.15) is 30.0 Å². The average molecular weight is 689 g/mol. The van der Waals surface area contributed by atoms with Gasteiger partial charge in [-0.25, -0.2) is 4.79 Å². The standard InChI is InChI=1S/C34H60N2O12/c1-8-12-24(38)29(41)35-23-17-19(3)27(26(40)28(23)47-31-25(39)21(9-2)34(7,43)18-44-31)46-30-22(36-32(42)48-33(4,5)6)15-14-20(45-30)13-10-11-16-37/h14,19,21-28,30-31,37-40,43H,8-13,15-18H2,1-7H3,(H,35,41)(H,36,42)/t19-,21+,22+,23+,24-,25+,26-,27+,28-,30+,31+,34-/m0/s1. The van der Waals surface area contributed by atoms with Gasteiger partial charge in [0.05, 0.1) is 36.2 Å². The number of carbonyl (C=O) groups is 2. The number of nitrogens with one attached hydrogen (secondary N) is 2. The smallest absolute Gasteiger partial charge is 0.408 e. The zero-order chi connectivity index (χ0) is 35.8. The third-order valence-corrected chi connectivity index (χ3v) is 9.23. The highest BCUT2D eigenvalue weighted by Gasteiger charge is 2.51. The van der Waals surface area contributed by atoms with E-state index in [1.807, 2.05) is 26.8 Å².